The van der Waals surface area contributed by atoms with Crippen LogP contribution in [0.25, 0.3) is 0 Å². The number of nitrogen functional groups attached to an aromatic ring is 1. The van der Waals surface area contributed by atoms with Crippen molar-refractivity contribution in [3.63, 3.8) is 0 Å². The van der Waals surface area contributed by atoms with Crippen LogP contribution < -0.4 is 5.73 Å². The largest absolute Gasteiger partial charge is 0.383 e. The summed E-state index contributed by atoms with van der Waals surface area (Å²) in [7, 11) is 0. The van der Waals surface area contributed by atoms with E-state index in [2.05, 4.69) is 4.98 Å². The van der Waals surface area contributed by atoms with Gasteiger partial charge in [0.15, 0.2) is 0 Å². The standard InChI is InChI=1S/C14H14ClFN2O/c1-2-14(19,10-5-3-4-6-12(10)16)11-7-9(15)8-18-13(11)17/h3-8,19H,2H2,1H3,(H2,17,18). The van der Waals surface area contributed by atoms with Crippen LogP contribution in [0.4, 0.5) is 10.2 Å². The predicted octanol–water partition coefficient (Wildman–Crippen LogP) is 3.10. The second-order valence-corrected chi connectivity index (χ2v) is 4.72. The Morgan fingerprint density at radius 1 is 1.37 bits per heavy atom. The molecule has 0 saturated carbocycles. The first-order valence-electron chi connectivity index (χ1n) is 5.88. The number of nitrogens with two attached hydrogens (primary N) is 1. The summed E-state index contributed by atoms with van der Waals surface area (Å²) in [6, 6.07) is 7.56. The van der Waals surface area contributed by atoms with Crippen LogP contribution in [-0.4, -0.2) is 10.1 Å². The van der Waals surface area contributed by atoms with Crippen LogP contribution in [0.2, 0.25) is 5.02 Å². The molecule has 1 aromatic heterocycles. The second kappa shape index (κ2) is 5.15. The molecule has 1 atom stereocenters. The number of aromatic nitrogens is 1. The minimum atomic E-state index is -1.55. The molecule has 0 bridgehead atoms. The van der Waals surface area contributed by atoms with Gasteiger partial charge in [0, 0.05) is 17.3 Å². The maximum atomic E-state index is 13.9. The van der Waals surface area contributed by atoms with Gasteiger partial charge in [-0.3, -0.25) is 0 Å². The molecule has 0 radical (unpaired) electrons. The summed E-state index contributed by atoms with van der Waals surface area (Å²) in [5.41, 5.74) is 4.71. The summed E-state index contributed by atoms with van der Waals surface area (Å²) >= 11 is 5.88. The Morgan fingerprint density at radius 3 is 2.68 bits per heavy atom. The lowest BCUT2D eigenvalue weighted by Gasteiger charge is -2.29. The molecule has 1 heterocycles. The zero-order chi connectivity index (χ0) is 14.0. The van der Waals surface area contributed by atoms with Gasteiger partial charge in [0.25, 0.3) is 0 Å². The number of anilines is 1. The second-order valence-electron chi connectivity index (χ2n) is 4.28. The molecule has 2 rings (SSSR count). The monoisotopic (exact) mass is 280 g/mol. The molecule has 0 fully saturated rings. The average molecular weight is 281 g/mol. The number of nitrogens with zero attached hydrogens (tertiary/aromatic N) is 1. The number of halogens is 2. The summed E-state index contributed by atoms with van der Waals surface area (Å²) in [5.74, 6) is -0.358. The Bertz CT molecular complexity index is 606. The molecule has 1 aromatic carbocycles. The third-order valence-electron chi connectivity index (χ3n) is 3.16. The van der Waals surface area contributed by atoms with E-state index in [1.165, 1.54) is 24.4 Å². The average Bonchev–Trinajstić information content (AvgIpc) is 2.41. The normalized spacial score (nSPS) is 14.1. The molecule has 0 amide bonds. The number of benzene rings is 1. The highest BCUT2D eigenvalue weighted by Crippen LogP contribution is 2.37. The lowest BCUT2D eigenvalue weighted by Crippen LogP contribution is -2.29. The molecule has 0 aliphatic carbocycles. The summed E-state index contributed by atoms with van der Waals surface area (Å²) in [5, 5.41) is 11.2. The minimum Gasteiger partial charge on any atom is -0.383 e. The van der Waals surface area contributed by atoms with E-state index in [9.17, 15) is 9.50 Å². The van der Waals surface area contributed by atoms with Crippen molar-refractivity contribution in [2.24, 2.45) is 0 Å². The van der Waals surface area contributed by atoms with Gasteiger partial charge in [0.1, 0.15) is 17.2 Å². The molecule has 5 heteroatoms. The van der Waals surface area contributed by atoms with Crippen LogP contribution in [0.1, 0.15) is 24.5 Å². The first-order valence-corrected chi connectivity index (χ1v) is 6.25. The minimum absolute atomic E-state index is 0.136. The number of hydrogen-bond donors (Lipinski definition) is 2. The van der Waals surface area contributed by atoms with Crippen molar-refractivity contribution in [1.29, 1.82) is 0 Å². The van der Waals surface area contributed by atoms with Gasteiger partial charge in [-0.25, -0.2) is 9.37 Å². The molecular formula is C14H14ClFN2O. The molecule has 3 nitrogen and oxygen atoms in total. The quantitative estimate of drug-likeness (QED) is 0.908. The van der Waals surface area contributed by atoms with E-state index in [0.29, 0.717) is 10.6 Å². The van der Waals surface area contributed by atoms with Crippen molar-refractivity contribution >= 4 is 17.4 Å². The van der Waals surface area contributed by atoms with Gasteiger partial charge in [0.2, 0.25) is 0 Å². The molecule has 0 aliphatic heterocycles. The fourth-order valence-corrected chi connectivity index (χ4v) is 2.26. The molecule has 1 unspecified atom stereocenters. The third kappa shape index (κ3) is 2.41. The van der Waals surface area contributed by atoms with E-state index in [1.54, 1.807) is 19.1 Å². The Labute approximate surface area is 115 Å². The fraction of sp³-hybridized carbons (Fsp3) is 0.214. The Hall–Kier alpha value is -1.65. The van der Waals surface area contributed by atoms with E-state index in [1.807, 2.05) is 0 Å². The zero-order valence-corrected chi connectivity index (χ0v) is 11.2. The van der Waals surface area contributed by atoms with Crippen LogP contribution in [-0.2, 0) is 5.60 Å². The first-order chi connectivity index (χ1) is 8.99. The van der Waals surface area contributed by atoms with Crippen molar-refractivity contribution in [2.75, 3.05) is 5.73 Å². The van der Waals surface area contributed by atoms with Gasteiger partial charge in [-0.05, 0) is 18.6 Å². The zero-order valence-electron chi connectivity index (χ0n) is 10.4. The topological polar surface area (TPSA) is 59.1 Å². The highest BCUT2D eigenvalue weighted by Gasteiger charge is 2.34. The molecular weight excluding hydrogens is 267 g/mol. The Morgan fingerprint density at radius 2 is 2.05 bits per heavy atom. The number of hydrogen-bond acceptors (Lipinski definition) is 3. The van der Waals surface area contributed by atoms with Gasteiger partial charge in [-0.1, -0.05) is 36.7 Å². The van der Waals surface area contributed by atoms with Gasteiger partial charge in [-0.2, -0.15) is 0 Å². The Kier molecular flexibility index (Phi) is 3.73. The maximum absolute atomic E-state index is 13.9. The molecule has 0 saturated heterocycles. The number of rotatable bonds is 3. The van der Waals surface area contributed by atoms with E-state index in [0.717, 1.165) is 0 Å². The van der Waals surface area contributed by atoms with Crippen LogP contribution in [0, 0.1) is 5.82 Å². The summed E-state index contributed by atoms with van der Waals surface area (Å²) in [6.45, 7) is 1.74. The number of pyridine rings is 1. The van der Waals surface area contributed by atoms with Crippen LogP contribution >= 0.6 is 11.6 Å². The highest BCUT2D eigenvalue weighted by atomic mass is 35.5. The van der Waals surface area contributed by atoms with Crippen molar-refractivity contribution in [2.45, 2.75) is 18.9 Å². The molecule has 100 valence electrons. The molecule has 2 aromatic rings. The van der Waals surface area contributed by atoms with Gasteiger partial charge in [0.05, 0.1) is 5.02 Å². The van der Waals surface area contributed by atoms with Crippen LogP contribution in [0.5, 0.6) is 0 Å². The molecule has 0 spiro atoms. The molecule has 19 heavy (non-hydrogen) atoms. The van der Waals surface area contributed by atoms with Crippen molar-refractivity contribution < 1.29 is 9.50 Å². The maximum Gasteiger partial charge on any atom is 0.129 e. The fourth-order valence-electron chi connectivity index (χ4n) is 2.10. The number of aliphatic hydroxyl groups is 1. The van der Waals surface area contributed by atoms with Crippen LogP contribution in [0.15, 0.2) is 36.5 Å². The summed E-state index contributed by atoms with van der Waals surface area (Å²) in [6.07, 6.45) is 1.64. The SMILES string of the molecule is CCC(O)(c1ccccc1F)c1cc(Cl)cnc1N. The molecule has 3 N–H and O–H groups in total. The highest BCUT2D eigenvalue weighted by molar-refractivity contribution is 6.30. The van der Waals surface area contributed by atoms with Crippen LogP contribution in [0.3, 0.4) is 0 Å². The lowest BCUT2D eigenvalue weighted by atomic mass is 9.84. The summed E-state index contributed by atoms with van der Waals surface area (Å²) in [4.78, 5) is 3.91. The lowest BCUT2D eigenvalue weighted by molar-refractivity contribution is 0.0731. The van der Waals surface area contributed by atoms with Gasteiger partial charge >= 0.3 is 0 Å². The summed E-state index contributed by atoms with van der Waals surface area (Å²) < 4.78 is 13.9. The van der Waals surface area contributed by atoms with Crippen molar-refractivity contribution in [1.82, 2.24) is 4.98 Å². The van der Waals surface area contributed by atoms with Crippen molar-refractivity contribution in [3.05, 3.63) is 58.5 Å². The third-order valence-corrected chi connectivity index (χ3v) is 3.37. The van der Waals surface area contributed by atoms with E-state index in [4.69, 9.17) is 17.3 Å². The van der Waals surface area contributed by atoms with Gasteiger partial charge < -0.3 is 10.8 Å². The van der Waals surface area contributed by atoms with Gasteiger partial charge in [-0.15, -0.1) is 0 Å². The Balaban J connectivity index is 2.66. The van der Waals surface area contributed by atoms with E-state index in [-0.39, 0.29) is 17.8 Å². The van der Waals surface area contributed by atoms with Crippen molar-refractivity contribution in [3.8, 4) is 0 Å². The smallest absolute Gasteiger partial charge is 0.129 e. The predicted molar refractivity (Wildman–Crippen MR) is 73.3 cm³/mol. The molecule has 0 aliphatic rings. The van der Waals surface area contributed by atoms with E-state index < -0.39 is 11.4 Å². The first kappa shape index (κ1) is 13.8. The van der Waals surface area contributed by atoms with E-state index >= 15 is 0 Å².